The van der Waals surface area contributed by atoms with E-state index < -0.39 is 11.6 Å². The number of thioether (sulfide) groups is 1. The Bertz CT molecular complexity index is 872. The van der Waals surface area contributed by atoms with Crippen molar-refractivity contribution < 1.29 is 34.8 Å². The monoisotopic (exact) mass is 554 g/mol. The van der Waals surface area contributed by atoms with Crippen LogP contribution in [0, 0.1) is 11.8 Å². The van der Waals surface area contributed by atoms with E-state index in [-0.39, 0.29) is 47.2 Å². The van der Waals surface area contributed by atoms with Crippen molar-refractivity contribution in [2.45, 2.75) is 122 Å². The molecule has 1 aliphatic carbocycles. The number of phenolic OH excluding ortho intramolecular Hbond substituents is 1. The van der Waals surface area contributed by atoms with Crippen molar-refractivity contribution in [2.24, 2.45) is 11.8 Å². The predicted octanol–water partition coefficient (Wildman–Crippen LogP) is 7.04. The first-order chi connectivity index (χ1) is 18.0. The molecule has 0 saturated heterocycles. The van der Waals surface area contributed by atoms with Gasteiger partial charge in [0.15, 0.2) is 0 Å². The zero-order valence-corrected chi connectivity index (χ0v) is 25.1. The van der Waals surface area contributed by atoms with E-state index in [1.165, 1.54) is 0 Å². The Hall–Kier alpha value is -1.93. The fourth-order valence-corrected chi connectivity index (χ4v) is 6.96. The van der Waals surface area contributed by atoms with E-state index in [4.69, 9.17) is 14.6 Å². The number of benzene rings is 1. The van der Waals surface area contributed by atoms with E-state index in [0.717, 1.165) is 49.0 Å². The highest BCUT2D eigenvalue weighted by molar-refractivity contribution is 7.99. The van der Waals surface area contributed by atoms with E-state index in [1.54, 1.807) is 0 Å². The summed E-state index contributed by atoms with van der Waals surface area (Å²) in [5, 5.41) is 38.5. The van der Waals surface area contributed by atoms with Crippen molar-refractivity contribution in [3.8, 4) is 11.5 Å². The molecule has 2 aliphatic rings. The van der Waals surface area contributed by atoms with Gasteiger partial charge in [0.05, 0.1) is 12.0 Å². The third-order valence-corrected chi connectivity index (χ3v) is 9.53. The van der Waals surface area contributed by atoms with E-state index in [0.29, 0.717) is 18.6 Å². The van der Waals surface area contributed by atoms with E-state index in [9.17, 15) is 20.1 Å². The van der Waals surface area contributed by atoms with Crippen molar-refractivity contribution in [1.29, 1.82) is 0 Å². The fraction of sp³-hybridized carbons (Fsp3) is 0.733. The number of aliphatic hydroxyl groups is 1. The second-order valence-electron chi connectivity index (χ2n) is 10.7. The minimum Gasteiger partial charge on any atom is -0.508 e. The van der Waals surface area contributed by atoms with E-state index in [1.807, 2.05) is 37.7 Å². The lowest BCUT2D eigenvalue weighted by Crippen LogP contribution is -2.47. The van der Waals surface area contributed by atoms with Crippen LogP contribution in [0.3, 0.4) is 0 Å². The number of phenols is 1. The van der Waals surface area contributed by atoms with Crippen molar-refractivity contribution in [1.82, 2.24) is 0 Å². The van der Waals surface area contributed by atoms with Gasteiger partial charge in [0.2, 0.25) is 0 Å². The normalized spacial score (nSPS) is 23.4. The van der Waals surface area contributed by atoms with Crippen LogP contribution in [0.4, 0.5) is 0 Å². The Morgan fingerprint density at radius 3 is 2.39 bits per heavy atom. The van der Waals surface area contributed by atoms with Gasteiger partial charge in [-0.15, -0.1) is 0 Å². The number of carbonyl (C=O) groups is 2. The summed E-state index contributed by atoms with van der Waals surface area (Å²) in [4.78, 5) is 20.0. The van der Waals surface area contributed by atoms with Gasteiger partial charge in [0.25, 0.3) is 6.47 Å². The maximum absolute atomic E-state index is 11.7. The summed E-state index contributed by atoms with van der Waals surface area (Å²) in [7, 11) is 0. The van der Waals surface area contributed by atoms with E-state index in [2.05, 4.69) is 34.6 Å². The summed E-state index contributed by atoms with van der Waals surface area (Å²) in [6.45, 7) is 14.3. The third kappa shape index (κ3) is 8.80. The zero-order valence-electron chi connectivity index (χ0n) is 24.3. The largest absolute Gasteiger partial charge is 0.508 e. The molecular formula is C30H50O7S. The molecule has 1 aliphatic heterocycles. The van der Waals surface area contributed by atoms with Crippen LogP contribution in [0.2, 0.25) is 0 Å². The minimum atomic E-state index is -0.745. The Morgan fingerprint density at radius 1 is 1.21 bits per heavy atom. The van der Waals surface area contributed by atoms with Crippen LogP contribution in [0.5, 0.6) is 11.5 Å². The van der Waals surface area contributed by atoms with Crippen LogP contribution in [0.25, 0.3) is 0 Å². The number of aliphatic hydroxyl groups excluding tert-OH is 1. The molecule has 0 spiro atoms. The van der Waals surface area contributed by atoms with Gasteiger partial charge in [-0.1, -0.05) is 34.6 Å². The fourth-order valence-electron chi connectivity index (χ4n) is 5.82. The Balaban J connectivity index is 0.00000135. The molecule has 7 nitrogen and oxygen atoms in total. The lowest BCUT2D eigenvalue weighted by Gasteiger charge is -2.48. The maximum atomic E-state index is 11.7. The third-order valence-electron chi connectivity index (χ3n) is 7.81. The number of hydrogen-bond acceptors (Lipinski definition) is 6. The summed E-state index contributed by atoms with van der Waals surface area (Å²) in [6.07, 6.45) is 5.30. The molecule has 0 amide bonds. The molecule has 0 radical (unpaired) electrons. The average molecular weight is 555 g/mol. The quantitative estimate of drug-likeness (QED) is 0.227. The molecule has 6 unspecified atom stereocenters. The van der Waals surface area contributed by atoms with Crippen molar-refractivity contribution in [2.75, 3.05) is 5.75 Å². The van der Waals surface area contributed by atoms with Gasteiger partial charge < -0.3 is 25.2 Å². The minimum absolute atomic E-state index is 0.00863. The molecule has 6 atom stereocenters. The first-order valence-electron chi connectivity index (χ1n) is 14.2. The second-order valence-corrected chi connectivity index (χ2v) is 12.0. The van der Waals surface area contributed by atoms with Gasteiger partial charge in [-0.25, -0.2) is 0 Å². The molecule has 0 aromatic heterocycles. The number of aliphatic carboxylic acids is 1. The molecule has 1 aromatic rings. The summed E-state index contributed by atoms with van der Waals surface area (Å²) >= 11 is 1.86. The maximum Gasteiger partial charge on any atom is 0.306 e. The number of carboxylic acid groups (broad SMARTS) is 2. The number of hydrogen-bond donors (Lipinski definition) is 4. The number of aromatic hydroxyl groups is 1. The van der Waals surface area contributed by atoms with Crippen LogP contribution in [0.15, 0.2) is 12.1 Å². The summed E-state index contributed by atoms with van der Waals surface area (Å²) < 4.78 is 6.42. The molecule has 8 heteroatoms. The first-order valence-corrected chi connectivity index (χ1v) is 15.2. The molecular weight excluding hydrogens is 504 g/mol. The molecule has 4 N–H and O–H groups in total. The highest BCUT2D eigenvalue weighted by Gasteiger charge is 2.48. The van der Waals surface area contributed by atoms with Gasteiger partial charge in [-0.2, -0.15) is 11.8 Å². The number of ether oxygens (including phenoxy) is 1. The van der Waals surface area contributed by atoms with Gasteiger partial charge in [-0.3, -0.25) is 9.59 Å². The molecule has 1 fully saturated rings. The Kier molecular flexibility index (Phi) is 14.6. The van der Waals surface area contributed by atoms with Crippen molar-refractivity contribution in [3.05, 3.63) is 23.3 Å². The van der Waals surface area contributed by atoms with Gasteiger partial charge >= 0.3 is 5.97 Å². The number of carboxylic acids is 1. The highest BCUT2D eigenvalue weighted by atomic mass is 32.2. The summed E-state index contributed by atoms with van der Waals surface area (Å²) in [6, 6.07) is 3.87. The lowest BCUT2D eigenvalue weighted by atomic mass is 9.63. The van der Waals surface area contributed by atoms with Gasteiger partial charge in [-0.05, 0) is 94.1 Å². The average Bonchev–Trinajstić information content (AvgIpc) is 2.88. The summed E-state index contributed by atoms with van der Waals surface area (Å²) in [5.74, 6) is 1.22. The summed E-state index contributed by atoms with van der Waals surface area (Å²) in [5.41, 5.74) is 1.38. The number of fused-ring (bicyclic) bond motifs is 3. The molecule has 3 rings (SSSR count). The van der Waals surface area contributed by atoms with Gasteiger partial charge in [0.1, 0.15) is 17.1 Å². The van der Waals surface area contributed by atoms with Crippen LogP contribution in [-0.4, -0.2) is 55.6 Å². The molecule has 218 valence electrons. The van der Waals surface area contributed by atoms with Crippen LogP contribution in [-0.2, 0) is 9.59 Å². The smallest absolute Gasteiger partial charge is 0.306 e. The van der Waals surface area contributed by atoms with Crippen molar-refractivity contribution in [3.63, 3.8) is 0 Å². The van der Waals surface area contributed by atoms with Crippen molar-refractivity contribution >= 4 is 24.2 Å². The van der Waals surface area contributed by atoms with Gasteiger partial charge in [0, 0.05) is 16.7 Å². The van der Waals surface area contributed by atoms with E-state index >= 15 is 0 Å². The standard InChI is InChI=1S/C27H42O5S.C2H6.CH2O2/c1-6-12-33-24(7-2)21(28)11-8-16(3)18-14-22(29)25-19-13-17(26(30)31)9-10-20(19)27(4,5)32-23(25)15-18;1-2;2-1-3/h14-17,19-21,24,28-29H,6-13H2,1-5H3,(H,30,31);1-2H3;1H,(H,2,3). The Labute approximate surface area is 233 Å². The molecule has 38 heavy (non-hydrogen) atoms. The number of rotatable bonds is 10. The molecule has 1 heterocycles. The molecule has 1 saturated carbocycles. The predicted molar refractivity (Wildman–Crippen MR) is 155 cm³/mol. The highest BCUT2D eigenvalue weighted by Crippen LogP contribution is 2.55. The van der Waals surface area contributed by atoms with Crippen LogP contribution in [0.1, 0.15) is 116 Å². The zero-order chi connectivity index (χ0) is 29.0. The second kappa shape index (κ2) is 16.2. The van der Waals surface area contributed by atoms with Crippen LogP contribution < -0.4 is 4.74 Å². The SMILES string of the molecule is CC.CCCSC(CC)C(O)CCC(C)c1cc(O)c2c(c1)OC(C)(C)C1CCC(C(=O)O)CC21.O=CO. The Morgan fingerprint density at radius 2 is 1.84 bits per heavy atom. The lowest BCUT2D eigenvalue weighted by molar-refractivity contribution is -0.144. The van der Waals surface area contributed by atoms with Crippen LogP contribution >= 0.6 is 11.8 Å². The molecule has 0 bridgehead atoms. The first kappa shape index (κ1) is 34.1. The topological polar surface area (TPSA) is 124 Å². The molecule has 1 aromatic carbocycles.